The summed E-state index contributed by atoms with van der Waals surface area (Å²) in [4.78, 5) is 40.2. The van der Waals surface area contributed by atoms with E-state index >= 15 is 0 Å². The second kappa shape index (κ2) is 8.75. The number of amides is 2. The van der Waals surface area contributed by atoms with Gasteiger partial charge < -0.3 is 15.4 Å². The first-order valence-electron chi connectivity index (χ1n) is 8.49. The Kier molecular flexibility index (Phi) is 5.94. The average Bonchev–Trinajstić information content (AvgIpc) is 2.75. The SMILES string of the molecule is COC(=O)c1ccc(NC(=O)c2cc(C(=O)Nc3ccccc3F)ccn2)cc1. The Morgan fingerprint density at radius 1 is 0.897 bits per heavy atom. The van der Waals surface area contributed by atoms with Crippen LogP contribution in [-0.2, 0) is 4.74 Å². The van der Waals surface area contributed by atoms with E-state index in [4.69, 9.17) is 0 Å². The number of benzene rings is 2. The number of ether oxygens (including phenoxy) is 1. The van der Waals surface area contributed by atoms with Crippen molar-refractivity contribution in [3.63, 3.8) is 0 Å². The van der Waals surface area contributed by atoms with Gasteiger partial charge in [0, 0.05) is 17.4 Å². The molecule has 0 spiro atoms. The summed E-state index contributed by atoms with van der Waals surface area (Å²) in [5.74, 6) is -2.17. The second-order valence-electron chi connectivity index (χ2n) is 5.89. The number of pyridine rings is 1. The molecule has 3 rings (SSSR count). The lowest BCUT2D eigenvalue weighted by Gasteiger charge is -2.08. The van der Waals surface area contributed by atoms with Crippen LogP contribution in [0.1, 0.15) is 31.2 Å². The summed E-state index contributed by atoms with van der Waals surface area (Å²) in [6.07, 6.45) is 1.31. The second-order valence-corrected chi connectivity index (χ2v) is 5.89. The fourth-order valence-electron chi connectivity index (χ4n) is 2.46. The molecule has 3 aromatic rings. The van der Waals surface area contributed by atoms with Crippen LogP contribution < -0.4 is 10.6 Å². The standard InChI is InChI=1S/C21H16FN3O4/c1-29-21(28)13-6-8-15(9-7-13)24-20(27)18-12-14(10-11-23-18)19(26)25-17-5-3-2-4-16(17)22/h2-12H,1H3,(H,24,27)(H,25,26). The van der Waals surface area contributed by atoms with Gasteiger partial charge in [-0.2, -0.15) is 0 Å². The normalized spacial score (nSPS) is 10.1. The highest BCUT2D eigenvalue weighted by molar-refractivity contribution is 6.08. The number of esters is 1. The summed E-state index contributed by atoms with van der Waals surface area (Å²) >= 11 is 0. The highest BCUT2D eigenvalue weighted by Crippen LogP contribution is 2.15. The Hall–Kier alpha value is -4.07. The number of halogens is 1. The number of methoxy groups -OCH3 is 1. The van der Waals surface area contributed by atoms with E-state index in [9.17, 15) is 18.8 Å². The summed E-state index contributed by atoms with van der Waals surface area (Å²) < 4.78 is 18.3. The van der Waals surface area contributed by atoms with Crippen LogP contribution in [0.5, 0.6) is 0 Å². The summed E-state index contributed by atoms with van der Waals surface area (Å²) in [6.45, 7) is 0. The largest absolute Gasteiger partial charge is 0.465 e. The van der Waals surface area contributed by atoms with Crippen molar-refractivity contribution in [3.8, 4) is 0 Å². The van der Waals surface area contributed by atoms with Gasteiger partial charge in [-0.15, -0.1) is 0 Å². The third-order valence-electron chi connectivity index (χ3n) is 3.94. The molecule has 0 aliphatic carbocycles. The zero-order valence-corrected chi connectivity index (χ0v) is 15.3. The molecule has 0 saturated carbocycles. The van der Waals surface area contributed by atoms with Crippen LogP contribution in [0.2, 0.25) is 0 Å². The first-order chi connectivity index (χ1) is 14.0. The maximum absolute atomic E-state index is 13.7. The van der Waals surface area contributed by atoms with Crippen molar-refractivity contribution in [2.45, 2.75) is 0 Å². The molecular weight excluding hydrogens is 377 g/mol. The first-order valence-corrected chi connectivity index (χ1v) is 8.49. The summed E-state index contributed by atoms with van der Waals surface area (Å²) in [5, 5.41) is 5.07. The molecule has 7 nitrogen and oxygen atoms in total. The molecule has 1 heterocycles. The molecule has 0 radical (unpaired) electrons. The number of carbonyl (C=O) groups excluding carboxylic acids is 3. The number of aromatic nitrogens is 1. The van der Waals surface area contributed by atoms with Crippen molar-refractivity contribution < 1.29 is 23.5 Å². The molecule has 0 bridgehead atoms. The van der Waals surface area contributed by atoms with Gasteiger partial charge in [-0.05, 0) is 48.5 Å². The van der Waals surface area contributed by atoms with E-state index in [1.807, 2.05) is 0 Å². The zero-order valence-electron chi connectivity index (χ0n) is 15.3. The average molecular weight is 393 g/mol. The molecule has 2 amide bonds. The Bertz CT molecular complexity index is 1070. The van der Waals surface area contributed by atoms with E-state index in [1.165, 1.54) is 55.8 Å². The van der Waals surface area contributed by atoms with Crippen molar-refractivity contribution in [1.29, 1.82) is 0 Å². The highest BCUT2D eigenvalue weighted by atomic mass is 19.1. The van der Waals surface area contributed by atoms with E-state index in [2.05, 4.69) is 20.4 Å². The maximum atomic E-state index is 13.7. The molecule has 0 fully saturated rings. The number of hydrogen-bond acceptors (Lipinski definition) is 5. The van der Waals surface area contributed by atoms with E-state index < -0.39 is 23.6 Å². The number of rotatable bonds is 5. The van der Waals surface area contributed by atoms with Gasteiger partial charge in [0.1, 0.15) is 11.5 Å². The van der Waals surface area contributed by atoms with Gasteiger partial charge in [-0.1, -0.05) is 12.1 Å². The van der Waals surface area contributed by atoms with Gasteiger partial charge >= 0.3 is 5.97 Å². The smallest absolute Gasteiger partial charge is 0.337 e. The van der Waals surface area contributed by atoms with E-state index in [0.29, 0.717) is 11.3 Å². The van der Waals surface area contributed by atoms with E-state index in [-0.39, 0.29) is 16.9 Å². The Morgan fingerprint density at radius 3 is 2.31 bits per heavy atom. The number of nitrogens with zero attached hydrogens (tertiary/aromatic N) is 1. The van der Waals surface area contributed by atoms with Crippen LogP contribution >= 0.6 is 0 Å². The first kappa shape index (κ1) is 19.7. The minimum Gasteiger partial charge on any atom is -0.465 e. The molecule has 29 heavy (non-hydrogen) atoms. The molecule has 0 aliphatic heterocycles. The van der Waals surface area contributed by atoms with Crippen LogP contribution in [-0.4, -0.2) is 29.9 Å². The fourth-order valence-corrected chi connectivity index (χ4v) is 2.46. The topological polar surface area (TPSA) is 97.4 Å². The number of para-hydroxylation sites is 1. The minimum atomic E-state index is -0.575. The lowest BCUT2D eigenvalue weighted by Crippen LogP contribution is -2.17. The van der Waals surface area contributed by atoms with Gasteiger partial charge in [0.2, 0.25) is 0 Å². The molecule has 0 atom stereocenters. The quantitative estimate of drug-likeness (QED) is 0.647. The lowest BCUT2D eigenvalue weighted by atomic mass is 10.2. The third-order valence-corrected chi connectivity index (χ3v) is 3.94. The Balaban J connectivity index is 1.71. The predicted octanol–water partition coefficient (Wildman–Crippen LogP) is 3.51. The van der Waals surface area contributed by atoms with Crippen molar-refractivity contribution in [2.24, 2.45) is 0 Å². The number of anilines is 2. The minimum absolute atomic E-state index is 0.00299. The molecule has 146 valence electrons. The van der Waals surface area contributed by atoms with Crippen LogP contribution in [0.15, 0.2) is 66.9 Å². The predicted molar refractivity (Wildman–Crippen MR) is 104 cm³/mol. The van der Waals surface area contributed by atoms with Crippen LogP contribution in [0.4, 0.5) is 15.8 Å². The Labute approximate surface area is 165 Å². The molecule has 8 heteroatoms. The van der Waals surface area contributed by atoms with Gasteiger partial charge in [0.05, 0.1) is 18.4 Å². The van der Waals surface area contributed by atoms with E-state index in [1.54, 1.807) is 18.2 Å². The number of nitrogens with one attached hydrogen (secondary N) is 2. The molecule has 0 unspecified atom stereocenters. The molecular formula is C21H16FN3O4. The molecule has 2 aromatic carbocycles. The van der Waals surface area contributed by atoms with E-state index in [0.717, 1.165) is 0 Å². The number of carbonyl (C=O) groups is 3. The van der Waals surface area contributed by atoms with Gasteiger partial charge in [-0.25, -0.2) is 9.18 Å². The van der Waals surface area contributed by atoms with Crippen LogP contribution in [0.3, 0.4) is 0 Å². The zero-order chi connectivity index (χ0) is 20.8. The van der Waals surface area contributed by atoms with Crippen molar-refractivity contribution in [3.05, 3.63) is 89.5 Å². The molecule has 0 saturated heterocycles. The molecule has 2 N–H and O–H groups in total. The van der Waals surface area contributed by atoms with Gasteiger partial charge in [0.25, 0.3) is 11.8 Å². The van der Waals surface area contributed by atoms with Crippen LogP contribution in [0, 0.1) is 5.82 Å². The lowest BCUT2D eigenvalue weighted by molar-refractivity contribution is 0.0600. The third kappa shape index (κ3) is 4.81. The summed E-state index contributed by atoms with van der Waals surface area (Å²) in [7, 11) is 1.28. The maximum Gasteiger partial charge on any atom is 0.337 e. The van der Waals surface area contributed by atoms with Crippen LogP contribution in [0.25, 0.3) is 0 Å². The van der Waals surface area contributed by atoms with Gasteiger partial charge in [0.15, 0.2) is 0 Å². The highest BCUT2D eigenvalue weighted by Gasteiger charge is 2.14. The van der Waals surface area contributed by atoms with Crippen molar-refractivity contribution >= 4 is 29.2 Å². The monoisotopic (exact) mass is 393 g/mol. The Morgan fingerprint density at radius 2 is 1.62 bits per heavy atom. The molecule has 0 aliphatic rings. The van der Waals surface area contributed by atoms with Gasteiger partial charge in [-0.3, -0.25) is 14.6 Å². The number of hydrogen-bond donors (Lipinski definition) is 2. The van der Waals surface area contributed by atoms with Crippen molar-refractivity contribution in [1.82, 2.24) is 4.98 Å². The summed E-state index contributed by atoms with van der Waals surface area (Å²) in [6, 6.07) is 14.6. The van der Waals surface area contributed by atoms with Crippen molar-refractivity contribution in [2.75, 3.05) is 17.7 Å². The molecule has 1 aromatic heterocycles. The summed E-state index contributed by atoms with van der Waals surface area (Å²) in [5.41, 5.74) is 0.963. The fraction of sp³-hybridized carbons (Fsp3) is 0.0476.